The summed E-state index contributed by atoms with van der Waals surface area (Å²) in [6.45, 7) is 7.65. The van der Waals surface area contributed by atoms with E-state index in [1.165, 1.54) is 0 Å². The Morgan fingerprint density at radius 1 is 1.36 bits per heavy atom. The van der Waals surface area contributed by atoms with Crippen LogP contribution in [0.1, 0.15) is 34.1 Å². The molecule has 86 valence electrons. The molecule has 0 saturated carbocycles. The quantitative estimate of drug-likeness (QED) is 0.740. The van der Waals surface area contributed by atoms with Gasteiger partial charge in [0.15, 0.2) is 0 Å². The summed E-state index contributed by atoms with van der Waals surface area (Å²) >= 11 is 0. The van der Waals surface area contributed by atoms with Gasteiger partial charge in [0.1, 0.15) is 9.84 Å². The third-order valence-electron chi connectivity index (χ3n) is 3.18. The number of sulfone groups is 1. The number of rotatable bonds is 6. The van der Waals surface area contributed by atoms with E-state index in [1.54, 1.807) is 6.92 Å². The molecule has 0 spiro atoms. The van der Waals surface area contributed by atoms with Crippen LogP contribution in [0.25, 0.3) is 0 Å². The summed E-state index contributed by atoms with van der Waals surface area (Å²) in [6, 6.07) is 0. The number of hydrogen-bond donors (Lipinski definition) is 1. The second kappa shape index (κ2) is 5.12. The Balaban J connectivity index is 4.36. The summed E-state index contributed by atoms with van der Waals surface area (Å²) in [5, 5.41) is 9.23. The highest BCUT2D eigenvalue weighted by Crippen LogP contribution is 2.30. The van der Waals surface area contributed by atoms with Crippen LogP contribution in [-0.2, 0) is 9.84 Å². The van der Waals surface area contributed by atoms with Crippen LogP contribution in [0.2, 0.25) is 0 Å². The highest BCUT2D eigenvalue weighted by molar-refractivity contribution is 7.91. The van der Waals surface area contributed by atoms with E-state index in [1.807, 2.05) is 20.8 Å². The van der Waals surface area contributed by atoms with Gasteiger partial charge in [0.05, 0.1) is 5.75 Å². The Labute approximate surface area is 87.4 Å². The molecule has 4 heteroatoms. The average Bonchev–Trinajstić information content (AvgIpc) is 2.14. The van der Waals surface area contributed by atoms with Crippen molar-refractivity contribution in [1.82, 2.24) is 0 Å². The van der Waals surface area contributed by atoms with Gasteiger partial charge in [0, 0.05) is 12.4 Å². The first-order valence-corrected chi connectivity index (χ1v) is 6.91. The maximum atomic E-state index is 11.3. The number of aliphatic hydroxyl groups is 1. The third-order valence-corrected chi connectivity index (χ3v) is 4.88. The van der Waals surface area contributed by atoms with Crippen molar-refractivity contribution in [3.63, 3.8) is 0 Å². The van der Waals surface area contributed by atoms with Crippen LogP contribution < -0.4 is 0 Å². The lowest BCUT2D eigenvalue weighted by atomic mass is 9.78. The zero-order valence-electron chi connectivity index (χ0n) is 9.58. The van der Waals surface area contributed by atoms with Gasteiger partial charge in [-0.15, -0.1) is 0 Å². The predicted molar refractivity (Wildman–Crippen MR) is 59.0 cm³/mol. The molecule has 1 unspecified atom stereocenters. The molecule has 0 aliphatic carbocycles. The Morgan fingerprint density at radius 2 is 1.86 bits per heavy atom. The van der Waals surface area contributed by atoms with Crippen molar-refractivity contribution in [2.75, 3.05) is 18.1 Å². The topological polar surface area (TPSA) is 54.4 Å². The molecular weight excluding hydrogens is 200 g/mol. The Bertz CT molecular complexity index is 257. The van der Waals surface area contributed by atoms with Gasteiger partial charge in [-0.05, 0) is 17.8 Å². The van der Waals surface area contributed by atoms with Crippen LogP contribution in [0.4, 0.5) is 0 Å². The van der Waals surface area contributed by atoms with Gasteiger partial charge in [-0.3, -0.25) is 0 Å². The van der Waals surface area contributed by atoms with Crippen LogP contribution in [0.5, 0.6) is 0 Å². The highest BCUT2D eigenvalue weighted by Gasteiger charge is 2.28. The molecule has 14 heavy (non-hydrogen) atoms. The van der Waals surface area contributed by atoms with Crippen LogP contribution in [0.3, 0.4) is 0 Å². The molecule has 0 amide bonds. The standard InChI is InChI=1S/C10H22O3S/c1-5-14(12,13)7-6-10(4,8-11)9(2)3/h9,11H,5-8H2,1-4H3. The highest BCUT2D eigenvalue weighted by atomic mass is 32.2. The van der Waals surface area contributed by atoms with Crippen molar-refractivity contribution in [2.24, 2.45) is 11.3 Å². The molecule has 0 rings (SSSR count). The molecular formula is C10H22O3S. The van der Waals surface area contributed by atoms with E-state index < -0.39 is 9.84 Å². The second-order valence-corrected chi connectivity index (χ2v) is 6.93. The third kappa shape index (κ3) is 3.96. The van der Waals surface area contributed by atoms with Crippen LogP contribution in [0.15, 0.2) is 0 Å². The Kier molecular flexibility index (Phi) is 5.09. The fraction of sp³-hybridized carbons (Fsp3) is 1.00. The van der Waals surface area contributed by atoms with Crippen molar-refractivity contribution in [3.05, 3.63) is 0 Å². The van der Waals surface area contributed by atoms with Gasteiger partial charge >= 0.3 is 0 Å². The molecule has 0 saturated heterocycles. The van der Waals surface area contributed by atoms with Gasteiger partial charge in [0.25, 0.3) is 0 Å². The molecule has 3 nitrogen and oxygen atoms in total. The lowest BCUT2D eigenvalue weighted by Gasteiger charge is -2.31. The minimum absolute atomic E-state index is 0.0455. The first-order valence-electron chi connectivity index (χ1n) is 5.08. The second-order valence-electron chi connectivity index (χ2n) is 4.45. The van der Waals surface area contributed by atoms with Crippen LogP contribution in [0, 0.1) is 11.3 Å². The smallest absolute Gasteiger partial charge is 0.150 e. The van der Waals surface area contributed by atoms with Crippen LogP contribution >= 0.6 is 0 Å². The monoisotopic (exact) mass is 222 g/mol. The summed E-state index contributed by atoms with van der Waals surface area (Å²) in [6.07, 6.45) is 0.539. The van der Waals surface area contributed by atoms with E-state index in [0.29, 0.717) is 12.3 Å². The zero-order valence-corrected chi connectivity index (χ0v) is 10.4. The fourth-order valence-electron chi connectivity index (χ4n) is 1.08. The van der Waals surface area contributed by atoms with Crippen molar-refractivity contribution in [1.29, 1.82) is 0 Å². The summed E-state index contributed by atoms with van der Waals surface area (Å²) < 4.78 is 22.6. The number of aliphatic hydroxyl groups excluding tert-OH is 1. The largest absolute Gasteiger partial charge is 0.396 e. The molecule has 0 aromatic carbocycles. The zero-order chi connectivity index (χ0) is 11.4. The van der Waals surface area contributed by atoms with Gasteiger partial charge in [0.2, 0.25) is 0 Å². The molecule has 0 fully saturated rings. The Hall–Kier alpha value is -0.0900. The van der Waals surface area contributed by atoms with E-state index in [-0.39, 0.29) is 23.5 Å². The molecule has 0 aliphatic rings. The average molecular weight is 222 g/mol. The molecule has 0 aromatic heterocycles. The minimum Gasteiger partial charge on any atom is -0.396 e. The number of hydrogen-bond acceptors (Lipinski definition) is 3. The van der Waals surface area contributed by atoms with E-state index in [4.69, 9.17) is 0 Å². The molecule has 0 heterocycles. The van der Waals surface area contributed by atoms with Crippen molar-refractivity contribution < 1.29 is 13.5 Å². The van der Waals surface area contributed by atoms with E-state index in [0.717, 1.165) is 0 Å². The lowest BCUT2D eigenvalue weighted by molar-refractivity contribution is 0.0914. The maximum Gasteiger partial charge on any atom is 0.150 e. The molecule has 1 atom stereocenters. The summed E-state index contributed by atoms with van der Waals surface area (Å²) in [5.41, 5.74) is -0.276. The Morgan fingerprint density at radius 3 is 2.14 bits per heavy atom. The molecule has 1 N–H and O–H groups in total. The summed E-state index contributed by atoms with van der Waals surface area (Å²) in [4.78, 5) is 0. The van der Waals surface area contributed by atoms with Crippen molar-refractivity contribution in [3.8, 4) is 0 Å². The minimum atomic E-state index is -2.91. The van der Waals surface area contributed by atoms with Crippen LogP contribution in [-0.4, -0.2) is 31.6 Å². The van der Waals surface area contributed by atoms with Gasteiger partial charge in [-0.2, -0.15) is 0 Å². The molecule has 0 radical (unpaired) electrons. The molecule has 0 bridgehead atoms. The predicted octanol–water partition coefficient (Wildman–Crippen LogP) is 1.47. The summed E-state index contributed by atoms with van der Waals surface area (Å²) in [5.74, 6) is 0.658. The molecule has 0 aromatic rings. The van der Waals surface area contributed by atoms with Gasteiger partial charge < -0.3 is 5.11 Å². The fourth-order valence-corrected chi connectivity index (χ4v) is 2.15. The maximum absolute atomic E-state index is 11.3. The molecule has 0 aliphatic heterocycles. The van der Waals surface area contributed by atoms with E-state index in [2.05, 4.69) is 0 Å². The first kappa shape index (κ1) is 13.9. The summed E-state index contributed by atoms with van der Waals surface area (Å²) in [7, 11) is -2.91. The first-order chi connectivity index (χ1) is 6.27. The normalized spacial score (nSPS) is 17.0. The van der Waals surface area contributed by atoms with Gasteiger partial charge in [-0.1, -0.05) is 27.7 Å². The van der Waals surface area contributed by atoms with Crippen molar-refractivity contribution >= 4 is 9.84 Å². The lowest BCUT2D eigenvalue weighted by Crippen LogP contribution is -2.30. The van der Waals surface area contributed by atoms with Gasteiger partial charge in [-0.25, -0.2) is 8.42 Å². The SMILES string of the molecule is CCS(=O)(=O)CCC(C)(CO)C(C)C. The van der Waals surface area contributed by atoms with Crippen molar-refractivity contribution in [2.45, 2.75) is 34.1 Å². The van der Waals surface area contributed by atoms with E-state index in [9.17, 15) is 13.5 Å². The van der Waals surface area contributed by atoms with E-state index >= 15 is 0 Å².